The van der Waals surface area contributed by atoms with Gasteiger partial charge in [-0.1, -0.05) is 58.3 Å². The number of amides is 1. The Bertz CT molecular complexity index is 329. The summed E-state index contributed by atoms with van der Waals surface area (Å²) in [6.07, 6.45) is 4.57. The average Bonchev–Trinajstić information content (AvgIpc) is 2.62. The fourth-order valence-electron chi connectivity index (χ4n) is 2.59. The van der Waals surface area contributed by atoms with Crippen LogP contribution >= 0.6 is 0 Å². The SMILES string of the molecule is CCCCCCCCCCCC(=O)NC[C@@H](O)[C@H](O)[C@H](O)[C@@H](O)CO. The summed E-state index contributed by atoms with van der Waals surface area (Å²) >= 11 is 0. The van der Waals surface area contributed by atoms with Gasteiger partial charge in [0.25, 0.3) is 0 Å². The summed E-state index contributed by atoms with van der Waals surface area (Å²) in [5.74, 6) is -0.216. The number of aliphatic hydroxyl groups is 5. The summed E-state index contributed by atoms with van der Waals surface area (Å²) < 4.78 is 0. The van der Waals surface area contributed by atoms with Gasteiger partial charge in [0.15, 0.2) is 0 Å². The number of rotatable bonds is 16. The van der Waals surface area contributed by atoms with Crippen LogP contribution in [0.4, 0.5) is 0 Å². The molecule has 0 saturated heterocycles. The van der Waals surface area contributed by atoms with E-state index in [1.54, 1.807) is 0 Å². The van der Waals surface area contributed by atoms with Gasteiger partial charge >= 0.3 is 0 Å². The van der Waals surface area contributed by atoms with Crippen LogP contribution in [0.2, 0.25) is 0 Å². The first-order valence-electron chi connectivity index (χ1n) is 9.53. The highest BCUT2D eigenvalue weighted by molar-refractivity contribution is 5.75. The Balaban J connectivity index is 3.66. The highest BCUT2D eigenvalue weighted by Gasteiger charge is 2.29. The maximum absolute atomic E-state index is 11.7. The number of nitrogens with one attached hydrogen (secondary N) is 1. The van der Waals surface area contributed by atoms with E-state index in [1.165, 1.54) is 38.5 Å². The molecule has 0 aliphatic heterocycles. The van der Waals surface area contributed by atoms with Crippen molar-refractivity contribution in [2.24, 2.45) is 0 Å². The Morgan fingerprint density at radius 3 is 1.80 bits per heavy atom. The maximum Gasteiger partial charge on any atom is 0.220 e. The molecule has 1 amide bonds. The van der Waals surface area contributed by atoms with Crippen LogP contribution in [0.5, 0.6) is 0 Å². The van der Waals surface area contributed by atoms with E-state index < -0.39 is 31.0 Å². The fourth-order valence-corrected chi connectivity index (χ4v) is 2.59. The minimum atomic E-state index is -1.67. The standard InChI is InChI=1S/C18H37NO6/c1-2-3-4-5-6-7-8-9-10-11-16(23)19-12-14(21)17(24)18(25)15(22)13-20/h14-15,17-18,20-22,24-25H,2-13H2,1H3,(H,19,23)/t14-,15+,17+,18-/m1/s1. The number of hydrogen-bond donors (Lipinski definition) is 6. The molecule has 0 rings (SSSR count). The van der Waals surface area contributed by atoms with Gasteiger partial charge in [-0.25, -0.2) is 0 Å². The van der Waals surface area contributed by atoms with Crippen LogP contribution in [-0.2, 0) is 4.79 Å². The zero-order valence-corrected chi connectivity index (χ0v) is 15.4. The van der Waals surface area contributed by atoms with Crippen molar-refractivity contribution in [3.8, 4) is 0 Å². The van der Waals surface area contributed by atoms with Crippen molar-refractivity contribution in [1.29, 1.82) is 0 Å². The first-order valence-corrected chi connectivity index (χ1v) is 9.53. The Kier molecular flexibility index (Phi) is 15.1. The third kappa shape index (κ3) is 12.3. The molecule has 7 nitrogen and oxygen atoms in total. The minimum Gasteiger partial charge on any atom is -0.394 e. The van der Waals surface area contributed by atoms with Gasteiger partial charge in [0.05, 0.1) is 12.7 Å². The summed E-state index contributed by atoms with van der Waals surface area (Å²) in [6.45, 7) is 1.26. The summed E-state index contributed by atoms with van der Waals surface area (Å²) in [6, 6.07) is 0. The van der Waals surface area contributed by atoms with Gasteiger partial charge in [-0.2, -0.15) is 0 Å². The number of aliphatic hydroxyl groups excluding tert-OH is 5. The lowest BCUT2D eigenvalue weighted by Crippen LogP contribution is -2.49. The molecule has 7 heteroatoms. The second-order valence-corrected chi connectivity index (χ2v) is 6.68. The van der Waals surface area contributed by atoms with E-state index in [9.17, 15) is 25.2 Å². The molecule has 150 valence electrons. The van der Waals surface area contributed by atoms with Crippen LogP contribution < -0.4 is 5.32 Å². The molecule has 6 N–H and O–H groups in total. The third-order valence-corrected chi connectivity index (χ3v) is 4.34. The summed E-state index contributed by atoms with van der Waals surface area (Å²) in [5.41, 5.74) is 0. The van der Waals surface area contributed by atoms with Crippen LogP contribution in [-0.4, -0.2) is 69.0 Å². The van der Waals surface area contributed by atoms with Crippen molar-refractivity contribution < 1.29 is 30.3 Å². The van der Waals surface area contributed by atoms with Gasteiger partial charge in [-0.15, -0.1) is 0 Å². The van der Waals surface area contributed by atoms with Crippen LogP contribution in [0.1, 0.15) is 71.1 Å². The van der Waals surface area contributed by atoms with E-state index in [1.807, 2.05) is 0 Å². The number of carbonyl (C=O) groups excluding carboxylic acids is 1. The van der Waals surface area contributed by atoms with E-state index in [0.717, 1.165) is 19.3 Å². The monoisotopic (exact) mass is 363 g/mol. The molecule has 0 bridgehead atoms. The van der Waals surface area contributed by atoms with E-state index in [-0.39, 0.29) is 12.5 Å². The highest BCUT2D eigenvalue weighted by Crippen LogP contribution is 2.10. The zero-order chi connectivity index (χ0) is 19.1. The molecule has 0 heterocycles. The van der Waals surface area contributed by atoms with Crippen molar-refractivity contribution in [2.75, 3.05) is 13.2 Å². The lowest BCUT2D eigenvalue weighted by Gasteiger charge is -2.25. The molecule has 0 aromatic rings. The van der Waals surface area contributed by atoms with E-state index in [0.29, 0.717) is 6.42 Å². The molecule has 4 atom stereocenters. The van der Waals surface area contributed by atoms with Gasteiger partial charge in [-0.3, -0.25) is 4.79 Å². The van der Waals surface area contributed by atoms with Crippen molar-refractivity contribution in [2.45, 2.75) is 95.5 Å². The predicted molar refractivity (Wildman–Crippen MR) is 96.0 cm³/mol. The van der Waals surface area contributed by atoms with Crippen molar-refractivity contribution >= 4 is 5.91 Å². The molecule has 0 spiro atoms. The lowest BCUT2D eigenvalue weighted by atomic mass is 10.0. The first-order chi connectivity index (χ1) is 11.9. The Hall–Kier alpha value is -0.730. The molecule has 0 aliphatic rings. The van der Waals surface area contributed by atoms with Crippen molar-refractivity contribution in [3.05, 3.63) is 0 Å². The second kappa shape index (κ2) is 15.5. The largest absolute Gasteiger partial charge is 0.394 e. The average molecular weight is 363 g/mol. The van der Waals surface area contributed by atoms with E-state index in [4.69, 9.17) is 5.11 Å². The summed E-state index contributed by atoms with van der Waals surface area (Å²) in [4.78, 5) is 11.7. The molecule has 0 saturated carbocycles. The molecule has 0 aromatic heterocycles. The zero-order valence-electron chi connectivity index (χ0n) is 15.4. The first kappa shape index (κ1) is 24.3. The highest BCUT2D eigenvalue weighted by atomic mass is 16.4. The van der Waals surface area contributed by atoms with E-state index >= 15 is 0 Å². The Labute approximate surface area is 151 Å². The lowest BCUT2D eigenvalue weighted by molar-refractivity contribution is -0.126. The van der Waals surface area contributed by atoms with Crippen LogP contribution in [0.15, 0.2) is 0 Å². The smallest absolute Gasteiger partial charge is 0.220 e. The van der Waals surface area contributed by atoms with Gasteiger partial charge in [0.1, 0.15) is 18.3 Å². The Morgan fingerprint density at radius 1 is 0.800 bits per heavy atom. The maximum atomic E-state index is 11.7. The van der Waals surface area contributed by atoms with E-state index in [2.05, 4.69) is 12.2 Å². The van der Waals surface area contributed by atoms with Crippen LogP contribution in [0, 0.1) is 0 Å². The Morgan fingerprint density at radius 2 is 1.28 bits per heavy atom. The van der Waals surface area contributed by atoms with Gasteiger partial charge < -0.3 is 30.8 Å². The predicted octanol–water partition coefficient (Wildman–Crippen LogP) is 0.459. The summed E-state index contributed by atoms with van der Waals surface area (Å²) in [5, 5.41) is 49.2. The quantitative estimate of drug-likeness (QED) is 0.221. The molecule has 0 aromatic carbocycles. The molecule has 25 heavy (non-hydrogen) atoms. The molecular formula is C18H37NO6. The molecule has 0 aliphatic carbocycles. The number of carbonyl (C=O) groups is 1. The van der Waals surface area contributed by atoms with Gasteiger partial charge in [0.2, 0.25) is 5.91 Å². The van der Waals surface area contributed by atoms with Gasteiger partial charge in [-0.05, 0) is 6.42 Å². The second-order valence-electron chi connectivity index (χ2n) is 6.68. The number of unbranched alkanes of at least 4 members (excludes halogenated alkanes) is 8. The van der Waals surface area contributed by atoms with Crippen LogP contribution in [0.25, 0.3) is 0 Å². The normalized spacial score (nSPS) is 16.2. The topological polar surface area (TPSA) is 130 Å². The van der Waals surface area contributed by atoms with Gasteiger partial charge in [0, 0.05) is 13.0 Å². The molecule has 0 radical (unpaired) electrons. The third-order valence-electron chi connectivity index (χ3n) is 4.34. The molecular weight excluding hydrogens is 326 g/mol. The summed E-state index contributed by atoms with van der Waals surface area (Å²) in [7, 11) is 0. The van der Waals surface area contributed by atoms with Crippen LogP contribution in [0.3, 0.4) is 0 Å². The number of hydrogen-bond acceptors (Lipinski definition) is 6. The van der Waals surface area contributed by atoms with Crippen molar-refractivity contribution in [1.82, 2.24) is 5.32 Å². The molecule has 0 unspecified atom stereocenters. The fraction of sp³-hybridized carbons (Fsp3) is 0.944. The minimum absolute atomic E-state index is 0.216. The molecule has 0 fully saturated rings. The van der Waals surface area contributed by atoms with Crippen molar-refractivity contribution in [3.63, 3.8) is 0 Å².